The lowest BCUT2D eigenvalue weighted by atomic mass is 10.1. The lowest BCUT2D eigenvalue weighted by molar-refractivity contribution is -0.128. The smallest absolute Gasteiger partial charge is 0.317 e. The number of primary amides is 2. The molecule has 4 amide bonds. The minimum atomic E-state index is -0.813. The number of amides is 4. The van der Waals surface area contributed by atoms with Gasteiger partial charge in [0.15, 0.2) is 0 Å². The quantitative estimate of drug-likeness (QED) is 0.573. The minimum Gasteiger partial charge on any atom is -0.491 e. The first-order chi connectivity index (χ1) is 13.3. The lowest BCUT2D eigenvalue weighted by Crippen LogP contribution is -2.29. The van der Waals surface area contributed by atoms with Crippen molar-refractivity contribution in [3.05, 3.63) is 35.4 Å². The van der Waals surface area contributed by atoms with Crippen LogP contribution in [0.25, 0.3) is 11.3 Å². The first kappa shape index (κ1) is 19.3. The van der Waals surface area contributed by atoms with Gasteiger partial charge in [0.1, 0.15) is 18.2 Å². The third kappa shape index (κ3) is 4.25. The Hall–Kier alpha value is -3.49. The minimum absolute atomic E-state index is 0.115. The number of nitrogens with one attached hydrogen (secondary N) is 2. The van der Waals surface area contributed by atoms with Crippen LogP contribution in [0.4, 0.5) is 10.6 Å². The molecule has 1 aromatic carbocycles. The van der Waals surface area contributed by atoms with Gasteiger partial charge in [0, 0.05) is 18.5 Å². The van der Waals surface area contributed by atoms with Gasteiger partial charge in [0.05, 0.1) is 17.8 Å². The molecular formula is C19H23N5O4. The Balaban J connectivity index is 1.84. The summed E-state index contributed by atoms with van der Waals surface area (Å²) >= 11 is 0. The normalized spacial score (nSPS) is 13.6. The van der Waals surface area contributed by atoms with Crippen molar-refractivity contribution < 1.29 is 19.1 Å². The molecule has 1 fully saturated rings. The number of likely N-dealkylation sites (tertiary alicyclic amines) is 1. The van der Waals surface area contributed by atoms with Crippen molar-refractivity contribution in [2.24, 2.45) is 11.5 Å². The molecule has 6 N–H and O–H groups in total. The maximum absolute atomic E-state index is 11.7. The predicted molar refractivity (Wildman–Crippen MR) is 104 cm³/mol. The molecule has 0 unspecified atom stereocenters. The molecule has 9 heteroatoms. The van der Waals surface area contributed by atoms with Crippen LogP contribution in [0.5, 0.6) is 5.75 Å². The molecule has 1 aliphatic heterocycles. The van der Waals surface area contributed by atoms with Crippen LogP contribution in [0.2, 0.25) is 0 Å². The first-order valence-corrected chi connectivity index (χ1v) is 8.96. The van der Waals surface area contributed by atoms with Crippen LogP contribution >= 0.6 is 0 Å². The molecule has 28 heavy (non-hydrogen) atoms. The molecular weight excluding hydrogens is 362 g/mol. The average Bonchev–Trinajstić information content (AvgIpc) is 3.22. The fraction of sp³-hybridized carbons (Fsp3) is 0.316. The summed E-state index contributed by atoms with van der Waals surface area (Å²) in [5.41, 5.74) is 12.9. The molecule has 0 bridgehead atoms. The molecule has 0 atom stereocenters. The number of nitrogens with zero attached hydrogens (tertiary/aromatic N) is 1. The second-order valence-electron chi connectivity index (χ2n) is 6.66. The summed E-state index contributed by atoms with van der Waals surface area (Å²) in [6.07, 6.45) is 1.46. The van der Waals surface area contributed by atoms with Crippen LogP contribution < -0.4 is 21.5 Å². The standard InChI is InChI=1S/C19H23N5O4/c1-11-4-5-15(28-8-7-24-6-2-3-16(24)25)12(9-11)14-10-13(17(20)26)18(22-14)23-19(21)27/h4-5,9-10,22H,2-3,6-8H2,1H3,(H2,20,26)(H3,21,23,27). The highest BCUT2D eigenvalue weighted by atomic mass is 16.5. The van der Waals surface area contributed by atoms with Gasteiger partial charge >= 0.3 is 6.03 Å². The van der Waals surface area contributed by atoms with E-state index in [0.717, 1.165) is 18.5 Å². The summed E-state index contributed by atoms with van der Waals surface area (Å²) in [6.45, 7) is 3.54. The summed E-state index contributed by atoms with van der Waals surface area (Å²) in [5.74, 6) is 0.157. The number of aromatic nitrogens is 1. The van der Waals surface area contributed by atoms with Crippen molar-refractivity contribution in [3.63, 3.8) is 0 Å². The van der Waals surface area contributed by atoms with Gasteiger partial charge in [-0.2, -0.15) is 0 Å². The lowest BCUT2D eigenvalue weighted by Gasteiger charge is -2.17. The van der Waals surface area contributed by atoms with E-state index in [1.54, 1.807) is 11.0 Å². The van der Waals surface area contributed by atoms with E-state index >= 15 is 0 Å². The number of hydrogen-bond donors (Lipinski definition) is 4. The van der Waals surface area contributed by atoms with Gasteiger partial charge in [0.2, 0.25) is 5.91 Å². The molecule has 0 saturated carbocycles. The second-order valence-corrected chi connectivity index (χ2v) is 6.66. The number of aryl methyl sites for hydroxylation is 1. The van der Waals surface area contributed by atoms with E-state index in [-0.39, 0.29) is 17.3 Å². The Morgan fingerprint density at radius 3 is 2.71 bits per heavy atom. The van der Waals surface area contributed by atoms with Gasteiger partial charge in [0.25, 0.3) is 5.91 Å². The third-order valence-electron chi connectivity index (χ3n) is 4.55. The summed E-state index contributed by atoms with van der Waals surface area (Å²) < 4.78 is 5.91. The van der Waals surface area contributed by atoms with Gasteiger partial charge in [-0.25, -0.2) is 4.79 Å². The third-order valence-corrected chi connectivity index (χ3v) is 4.55. The van der Waals surface area contributed by atoms with Gasteiger partial charge in [-0.15, -0.1) is 0 Å². The van der Waals surface area contributed by atoms with Gasteiger partial charge in [-0.3, -0.25) is 14.9 Å². The SMILES string of the molecule is Cc1ccc(OCCN2CCCC2=O)c(-c2cc(C(N)=O)c(NC(N)=O)[nH]2)c1. The summed E-state index contributed by atoms with van der Waals surface area (Å²) in [6, 6.07) is 6.34. The maximum atomic E-state index is 11.7. The molecule has 148 valence electrons. The highest BCUT2D eigenvalue weighted by Crippen LogP contribution is 2.33. The molecule has 2 aromatic rings. The van der Waals surface area contributed by atoms with Crippen molar-refractivity contribution in [2.75, 3.05) is 25.0 Å². The highest BCUT2D eigenvalue weighted by molar-refractivity contribution is 6.03. The van der Waals surface area contributed by atoms with Crippen molar-refractivity contribution in [1.29, 1.82) is 0 Å². The fourth-order valence-electron chi connectivity index (χ4n) is 3.20. The van der Waals surface area contributed by atoms with Crippen LogP contribution in [-0.4, -0.2) is 47.4 Å². The zero-order valence-electron chi connectivity index (χ0n) is 15.6. The number of hydrogen-bond acceptors (Lipinski definition) is 4. The summed E-state index contributed by atoms with van der Waals surface area (Å²) in [7, 11) is 0. The summed E-state index contributed by atoms with van der Waals surface area (Å²) in [5, 5.41) is 2.36. The number of urea groups is 1. The Bertz CT molecular complexity index is 921. The van der Waals surface area contributed by atoms with Gasteiger partial charge < -0.3 is 26.1 Å². The van der Waals surface area contributed by atoms with Crippen molar-refractivity contribution in [2.45, 2.75) is 19.8 Å². The van der Waals surface area contributed by atoms with Crippen LogP contribution in [0.15, 0.2) is 24.3 Å². The van der Waals surface area contributed by atoms with E-state index in [9.17, 15) is 14.4 Å². The van der Waals surface area contributed by atoms with Crippen molar-refractivity contribution in [3.8, 4) is 17.0 Å². The van der Waals surface area contributed by atoms with E-state index in [1.165, 1.54) is 0 Å². The Kier molecular flexibility index (Phi) is 5.53. The Morgan fingerprint density at radius 2 is 2.07 bits per heavy atom. The molecule has 0 aliphatic carbocycles. The second kappa shape index (κ2) is 8.03. The number of carbonyl (C=O) groups excluding carboxylic acids is 3. The summed E-state index contributed by atoms with van der Waals surface area (Å²) in [4.78, 5) is 39.3. The maximum Gasteiger partial charge on any atom is 0.317 e. The molecule has 0 spiro atoms. The van der Waals surface area contributed by atoms with Gasteiger partial charge in [-0.05, 0) is 31.5 Å². The Labute approximate surface area is 162 Å². The molecule has 3 rings (SSSR count). The number of anilines is 1. The first-order valence-electron chi connectivity index (χ1n) is 8.96. The fourth-order valence-corrected chi connectivity index (χ4v) is 3.20. The van der Waals surface area contributed by atoms with Crippen LogP contribution in [0, 0.1) is 6.92 Å². The van der Waals surface area contributed by atoms with E-state index in [2.05, 4.69) is 10.3 Å². The molecule has 1 saturated heterocycles. The number of ether oxygens (including phenoxy) is 1. The predicted octanol–water partition coefficient (Wildman–Crippen LogP) is 1.58. The molecule has 9 nitrogen and oxygen atoms in total. The zero-order valence-corrected chi connectivity index (χ0v) is 15.6. The highest BCUT2D eigenvalue weighted by Gasteiger charge is 2.20. The van der Waals surface area contributed by atoms with Crippen LogP contribution in [0.1, 0.15) is 28.8 Å². The average molecular weight is 385 g/mol. The number of H-pyrrole nitrogens is 1. The van der Waals surface area contributed by atoms with E-state index < -0.39 is 11.9 Å². The molecule has 1 aromatic heterocycles. The largest absolute Gasteiger partial charge is 0.491 e. The van der Waals surface area contributed by atoms with Crippen LogP contribution in [-0.2, 0) is 4.79 Å². The number of carbonyl (C=O) groups is 3. The number of benzene rings is 1. The molecule has 1 aliphatic rings. The number of nitrogens with two attached hydrogens (primary N) is 2. The van der Waals surface area contributed by atoms with E-state index in [1.807, 2.05) is 25.1 Å². The monoisotopic (exact) mass is 385 g/mol. The van der Waals surface area contributed by atoms with E-state index in [0.29, 0.717) is 36.6 Å². The number of rotatable bonds is 7. The molecule has 0 radical (unpaired) electrons. The van der Waals surface area contributed by atoms with Crippen LogP contribution in [0.3, 0.4) is 0 Å². The van der Waals surface area contributed by atoms with Crippen molar-refractivity contribution >= 4 is 23.7 Å². The van der Waals surface area contributed by atoms with Gasteiger partial charge in [-0.1, -0.05) is 11.6 Å². The van der Waals surface area contributed by atoms with E-state index in [4.69, 9.17) is 16.2 Å². The van der Waals surface area contributed by atoms with Crippen molar-refractivity contribution in [1.82, 2.24) is 9.88 Å². The number of aromatic amines is 1. The topological polar surface area (TPSA) is 144 Å². The molecule has 2 heterocycles. The Morgan fingerprint density at radius 1 is 1.29 bits per heavy atom. The zero-order chi connectivity index (χ0) is 20.3.